The number of carbonyl (C=O) groups is 1. The van der Waals surface area contributed by atoms with E-state index in [1.165, 1.54) is 0 Å². The van der Waals surface area contributed by atoms with Crippen molar-refractivity contribution in [2.24, 2.45) is 5.73 Å². The fourth-order valence-corrected chi connectivity index (χ4v) is 1.35. The number of nitrogens with two attached hydrogens (primary N) is 1. The van der Waals surface area contributed by atoms with Gasteiger partial charge in [-0.3, -0.25) is 4.79 Å². The molecule has 0 bridgehead atoms. The van der Waals surface area contributed by atoms with Crippen molar-refractivity contribution < 1.29 is 9.53 Å². The molecule has 96 valence electrons. The van der Waals surface area contributed by atoms with Gasteiger partial charge in [-0.15, -0.1) is 0 Å². The summed E-state index contributed by atoms with van der Waals surface area (Å²) in [4.78, 5) is 13.8. The Morgan fingerprint density at radius 1 is 1.50 bits per heavy atom. The van der Waals surface area contributed by atoms with Gasteiger partial charge in [-0.1, -0.05) is 0 Å². The van der Waals surface area contributed by atoms with Gasteiger partial charge >= 0.3 is 5.97 Å². The summed E-state index contributed by atoms with van der Waals surface area (Å²) in [5.74, 6) is -0.304. The van der Waals surface area contributed by atoms with Gasteiger partial charge in [0.1, 0.15) is 5.54 Å². The average molecular weight is 230 g/mol. The molecule has 0 heterocycles. The maximum Gasteiger partial charge on any atom is 0.325 e. The molecule has 16 heavy (non-hydrogen) atoms. The molecule has 0 aromatic rings. The molecule has 4 heteroatoms. The number of rotatable bonds is 7. The zero-order chi connectivity index (χ0) is 12.8. The highest BCUT2D eigenvalue weighted by molar-refractivity contribution is 5.79. The lowest BCUT2D eigenvalue weighted by atomic mass is 9.97. The molecule has 0 aromatic heterocycles. The van der Waals surface area contributed by atoms with Crippen LogP contribution in [-0.4, -0.2) is 42.6 Å². The van der Waals surface area contributed by atoms with Crippen LogP contribution in [0, 0.1) is 0 Å². The van der Waals surface area contributed by atoms with Gasteiger partial charge in [-0.2, -0.15) is 0 Å². The number of hydrogen-bond donors (Lipinski definition) is 1. The minimum atomic E-state index is -0.853. The molecule has 1 atom stereocenters. The van der Waals surface area contributed by atoms with Crippen molar-refractivity contribution in [1.82, 2.24) is 4.90 Å². The summed E-state index contributed by atoms with van der Waals surface area (Å²) >= 11 is 0. The number of nitrogens with zero attached hydrogens (tertiary/aromatic N) is 1. The lowest BCUT2D eigenvalue weighted by Gasteiger charge is -2.25. The Labute approximate surface area is 99.1 Å². The van der Waals surface area contributed by atoms with Gasteiger partial charge in [0, 0.05) is 6.04 Å². The van der Waals surface area contributed by atoms with Crippen LogP contribution in [-0.2, 0) is 9.53 Å². The molecule has 0 saturated heterocycles. The summed E-state index contributed by atoms with van der Waals surface area (Å²) in [5.41, 5.74) is 5.06. The van der Waals surface area contributed by atoms with Crippen molar-refractivity contribution in [2.75, 3.05) is 20.2 Å². The lowest BCUT2D eigenvalue weighted by Crippen LogP contribution is -2.46. The van der Waals surface area contributed by atoms with Crippen LogP contribution in [0.4, 0.5) is 0 Å². The average Bonchev–Trinajstić information content (AvgIpc) is 2.17. The smallest absolute Gasteiger partial charge is 0.325 e. The van der Waals surface area contributed by atoms with Crippen LogP contribution in [0.1, 0.15) is 40.5 Å². The van der Waals surface area contributed by atoms with Gasteiger partial charge < -0.3 is 15.4 Å². The van der Waals surface area contributed by atoms with Gasteiger partial charge in [-0.25, -0.2) is 0 Å². The Balaban J connectivity index is 3.95. The molecule has 0 amide bonds. The zero-order valence-corrected chi connectivity index (χ0v) is 11.2. The molecule has 0 aliphatic heterocycles. The van der Waals surface area contributed by atoms with E-state index in [1.54, 1.807) is 13.8 Å². The molecule has 2 N–H and O–H groups in total. The van der Waals surface area contributed by atoms with E-state index < -0.39 is 5.54 Å². The number of carbonyl (C=O) groups excluding carboxylic acids is 1. The Morgan fingerprint density at radius 3 is 2.50 bits per heavy atom. The highest BCUT2D eigenvalue weighted by Gasteiger charge is 2.29. The van der Waals surface area contributed by atoms with E-state index in [2.05, 4.69) is 25.8 Å². The van der Waals surface area contributed by atoms with Gasteiger partial charge in [0.2, 0.25) is 0 Å². The fourth-order valence-electron chi connectivity index (χ4n) is 1.35. The standard InChI is InChI=1S/C12H26N2O2/c1-6-16-11(15)12(4,13)8-7-9-14(5)10(2)3/h10H,6-9,13H2,1-5H3. The minimum Gasteiger partial charge on any atom is -0.465 e. The molecule has 0 saturated carbocycles. The van der Waals surface area contributed by atoms with Crippen LogP contribution in [0.3, 0.4) is 0 Å². The van der Waals surface area contributed by atoms with Gasteiger partial charge in [-0.05, 0) is 54.1 Å². The van der Waals surface area contributed by atoms with Crippen molar-refractivity contribution in [3.63, 3.8) is 0 Å². The van der Waals surface area contributed by atoms with Crippen molar-refractivity contribution in [3.8, 4) is 0 Å². The van der Waals surface area contributed by atoms with Crippen LogP contribution in [0.5, 0.6) is 0 Å². The minimum absolute atomic E-state index is 0.304. The Hall–Kier alpha value is -0.610. The largest absolute Gasteiger partial charge is 0.465 e. The molecule has 0 radical (unpaired) electrons. The van der Waals surface area contributed by atoms with Gasteiger partial charge in [0.15, 0.2) is 0 Å². The van der Waals surface area contributed by atoms with Crippen LogP contribution in [0.25, 0.3) is 0 Å². The second-order valence-electron chi connectivity index (χ2n) is 4.82. The fraction of sp³-hybridized carbons (Fsp3) is 0.917. The van der Waals surface area contributed by atoms with Crippen molar-refractivity contribution in [1.29, 1.82) is 0 Å². The van der Waals surface area contributed by atoms with Gasteiger partial charge in [0.05, 0.1) is 6.61 Å². The van der Waals surface area contributed by atoms with Crippen LogP contribution in [0.15, 0.2) is 0 Å². The van der Waals surface area contributed by atoms with Crippen molar-refractivity contribution in [2.45, 2.75) is 52.1 Å². The molecule has 0 aromatic carbocycles. The first-order valence-corrected chi connectivity index (χ1v) is 5.97. The maximum absolute atomic E-state index is 11.5. The summed E-state index contributed by atoms with van der Waals surface area (Å²) < 4.78 is 4.93. The summed E-state index contributed by atoms with van der Waals surface area (Å²) in [5, 5.41) is 0. The molecule has 4 nitrogen and oxygen atoms in total. The Kier molecular flexibility index (Phi) is 6.60. The molecular formula is C12H26N2O2. The van der Waals surface area contributed by atoms with Gasteiger partial charge in [0.25, 0.3) is 0 Å². The maximum atomic E-state index is 11.5. The zero-order valence-electron chi connectivity index (χ0n) is 11.2. The third-order valence-corrected chi connectivity index (χ3v) is 2.83. The lowest BCUT2D eigenvalue weighted by molar-refractivity contribution is -0.149. The monoisotopic (exact) mass is 230 g/mol. The molecular weight excluding hydrogens is 204 g/mol. The van der Waals surface area contributed by atoms with E-state index in [0.29, 0.717) is 19.1 Å². The quantitative estimate of drug-likeness (QED) is 0.671. The number of hydrogen-bond acceptors (Lipinski definition) is 4. The summed E-state index contributed by atoms with van der Waals surface area (Å²) in [7, 11) is 2.07. The predicted octanol–water partition coefficient (Wildman–Crippen LogP) is 1.39. The van der Waals surface area contributed by atoms with Crippen LogP contribution >= 0.6 is 0 Å². The van der Waals surface area contributed by atoms with Crippen molar-refractivity contribution >= 4 is 5.97 Å². The third-order valence-electron chi connectivity index (χ3n) is 2.83. The second-order valence-corrected chi connectivity index (χ2v) is 4.82. The van der Waals surface area contributed by atoms with E-state index >= 15 is 0 Å². The summed E-state index contributed by atoms with van der Waals surface area (Å²) in [6, 6.07) is 0.520. The van der Waals surface area contributed by atoms with E-state index in [9.17, 15) is 4.79 Å². The Morgan fingerprint density at radius 2 is 2.06 bits per heavy atom. The normalized spacial score (nSPS) is 15.2. The molecule has 0 aliphatic rings. The SMILES string of the molecule is CCOC(=O)C(C)(N)CCCN(C)C(C)C. The van der Waals surface area contributed by atoms with E-state index in [1.807, 2.05) is 0 Å². The molecule has 0 spiro atoms. The number of esters is 1. The Bertz CT molecular complexity index is 215. The van der Waals surface area contributed by atoms with E-state index in [4.69, 9.17) is 10.5 Å². The molecule has 0 aliphatic carbocycles. The number of ether oxygens (including phenoxy) is 1. The molecule has 0 fully saturated rings. The highest BCUT2D eigenvalue weighted by atomic mass is 16.5. The second kappa shape index (κ2) is 6.86. The highest BCUT2D eigenvalue weighted by Crippen LogP contribution is 2.12. The first-order valence-electron chi connectivity index (χ1n) is 5.97. The first kappa shape index (κ1) is 15.4. The van der Waals surface area contributed by atoms with E-state index in [0.717, 1.165) is 13.0 Å². The summed E-state index contributed by atoms with van der Waals surface area (Å²) in [6.07, 6.45) is 1.56. The van der Waals surface area contributed by atoms with E-state index in [-0.39, 0.29) is 5.97 Å². The topological polar surface area (TPSA) is 55.6 Å². The van der Waals surface area contributed by atoms with Crippen LogP contribution < -0.4 is 5.73 Å². The molecule has 0 rings (SSSR count). The predicted molar refractivity (Wildman–Crippen MR) is 66.2 cm³/mol. The van der Waals surface area contributed by atoms with Crippen LogP contribution in [0.2, 0.25) is 0 Å². The third kappa shape index (κ3) is 5.47. The molecule has 1 unspecified atom stereocenters. The summed E-state index contributed by atoms with van der Waals surface area (Å²) in [6.45, 7) is 9.16. The first-order chi connectivity index (χ1) is 7.31. The van der Waals surface area contributed by atoms with Crippen molar-refractivity contribution in [3.05, 3.63) is 0 Å².